The second kappa shape index (κ2) is 10.5. The molecule has 2 amide bonds. The number of para-hydroxylation sites is 1. The van der Waals surface area contributed by atoms with E-state index in [4.69, 9.17) is 0 Å². The Morgan fingerprint density at radius 1 is 0.971 bits per heavy atom. The van der Waals surface area contributed by atoms with E-state index in [9.17, 15) is 14.4 Å². The Bertz CT molecular complexity index is 1320. The van der Waals surface area contributed by atoms with Crippen molar-refractivity contribution < 1.29 is 14.4 Å². The molecule has 0 bridgehead atoms. The lowest BCUT2D eigenvalue weighted by atomic mass is 10.1. The molecule has 1 N–H and O–H groups in total. The highest BCUT2D eigenvalue weighted by Crippen LogP contribution is 2.37. The summed E-state index contributed by atoms with van der Waals surface area (Å²) in [6.07, 6.45) is 2.77. The predicted octanol–water partition coefficient (Wildman–Crippen LogP) is 7.31. The smallest absolute Gasteiger partial charge is 0.290 e. The maximum absolute atomic E-state index is 13.2. The largest absolute Gasteiger partial charge is 0.348 e. The van der Waals surface area contributed by atoms with Gasteiger partial charge >= 0.3 is 6.03 Å². The molecule has 4 aromatic rings. The molecule has 4 nitrogen and oxygen atoms in total. The van der Waals surface area contributed by atoms with Crippen molar-refractivity contribution in [3.63, 3.8) is 0 Å². The first-order valence-corrected chi connectivity index (χ1v) is 12.8. The maximum Gasteiger partial charge on any atom is 0.348 e. The van der Waals surface area contributed by atoms with Gasteiger partial charge in [0.1, 0.15) is 11.9 Å². The molecule has 5 rings (SSSR count). The van der Waals surface area contributed by atoms with Gasteiger partial charge in [-0.3, -0.25) is 10.1 Å². The second-order valence-corrected chi connectivity index (χ2v) is 10.5. The van der Waals surface area contributed by atoms with Crippen LogP contribution in [0.4, 0.5) is 14.9 Å². The number of amides is 2. The van der Waals surface area contributed by atoms with E-state index in [0.29, 0.717) is 6.54 Å². The molecule has 1 aliphatic heterocycles. The number of halogens is 1. The van der Waals surface area contributed by atoms with E-state index in [2.05, 4.69) is 6.07 Å². The van der Waals surface area contributed by atoms with Crippen molar-refractivity contribution in [1.29, 1.82) is 0 Å². The van der Waals surface area contributed by atoms with Crippen LogP contribution in [0.15, 0.2) is 107 Å². The quantitative estimate of drug-likeness (QED) is 0.213. The number of anilines is 1. The van der Waals surface area contributed by atoms with Gasteiger partial charge in [-0.2, -0.15) is 5.06 Å². The van der Waals surface area contributed by atoms with Crippen LogP contribution in [0, 0.1) is 5.82 Å². The van der Waals surface area contributed by atoms with Gasteiger partial charge in [0.2, 0.25) is 0 Å². The summed E-state index contributed by atoms with van der Waals surface area (Å²) in [4.78, 5) is 18.6. The second-order valence-electron chi connectivity index (χ2n) is 8.16. The Hall–Kier alpha value is -3.39. The summed E-state index contributed by atoms with van der Waals surface area (Å²) in [5, 5.41) is 11.6. The summed E-state index contributed by atoms with van der Waals surface area (Å²) in [5.41, 5.74) is 1.80. The van der Waals surface area contributed by atoms with Gasteiger partial charge < -0.3 is 0 Å². The Labute approximate surface area is 211 Å². The number of rotatable bonds is 7. The van der Waals surface area contributed by atoms with Gasteiger partial charge in [-0.25, -0.2) is 9.18 Å². The van der Waals surface area contributed by atoms with Crippen molar-refractivity contribution in [2.45, 2.75) is 17.4 Å². The first-order chi connectivity index (χ1) is 17.1. The lowest BCUT2D eigenvalue weighted by molar-refractivity contribution is -0.0446. The molecule has 1 aliphatic rings. The molecule has 3 aromatic carbocycles. The van der Waals surface area contributed by atoms with Crippen LogP contribution in [0.25, 0.3) is 6.08 Å². The van der Waals surface area contributed by atoms with Crippen LogP contribution in [-0.4, -0.2) is 28.9 Å². The third kappa shape index (κ3) is 5.48. The summed E-state index contributed by atoms with van der Waals surface area (Å²) in [5.74, 6) is -0.240. The summed E-state index contributed by atoms with van der Waals surface area (Å²) < 4.78 is 13.2. The van der Waals surface area contributed by atoms with Crippen molar-refractivity contribution >= 4 is 40.9 Å². The van der Waals surface area contributed by atoms with Gasteiger partial charge in [-0.05, 0) is 60.2 Å². The Morgan fingerprint density at radius 2 is 1.66 bits per heavy atom. The lowest BCUT2D eigenvalue weighted by Crippen LogP contribution is -2.32. The van der Waals surface area contributed by atoms with E-state index in [0.717, 1.165) is 42.3 Å². The van der Waals surface area contributed by atoms with E-state index >= 15 is 0 Å². The summed E-state index contributed by atoms with van der Waals surface area (Å²) in [6, 6.07) is 29.0. The Kier molecular flexibility index (Phi) is 6.99. The minimum atomic E-state index is -0.504. The number of hydroxylamine groups is 2. The third-order valence-corrected chi connectivity index (χ3v) is 7.88. The minimum absolute atomic E-state index is 0.240. The number of benzene rings is 3. The molecule has 1 aromatic heterocycles. The van der Waals surface area contributed by atoms with Crippen LogP contribution in [-0.2, 0) is 6.42 Å². The summed E-state index contributed by atoms with van der Waals surface area (Å²) >= 11 is 3.19. The van der Waals surface area contributed by atoms with Crippen LogP contribution in [0.5, 0.6) is 0 Å². The summed E-state index contributed by atoms with van der Waals surface area (Å²) in [7, 11) is 0. The van der Waals surface area contributed by atoms with Crippen molar-refractivity contribution in [2.24, 2.45) is 0 Å². The Balaban J connectivity index is 1.43. The lowest BCUT2D eigenvalue weighted by Gasteiger charge is -2.19. The van der Waals surface area contributed by atoms with E-state index in [1.54, 1.807) is 40.1 Å². The van der Waals surface area contributed by atoms with Crippen LogP contribution in [0.1, 0.15) is 15.3 Å². The highest BCUT2D eigenvalue weighted by molar-refractivity contribution is 8.03. The van der Waals surface area contributed by atoms with E-state index in [1.807, 2.05) is 72.8 Å². The van der Waals surface area contributed by atoms with E-state index in [1.165, 1.54) is 12.1 Å². The number of hydrogen-bond acceptors (Lipinski definition) is 4. The molecule has 1 saturated heterocycles. The standard InChI is InChI=1S/C28H23FN2O2S2/c29-21-13-11-20(12-14-21)17-24-15-16-25(34-24)18-27(35-23-9-5-2-6-10-23)26-19-30(28(32)31(26)33)22-7-3-1-4-8-22/h1-16,18,26,33H,17,19H2/b27-18-. The molecular weight excluding hydrogens is 479 g/mol. The molecule has 7 heteroatoms. The highest BCUT2D eigenvalue weighted by Gasteiger charge is 2.40. The molecule has 0 saturated carbocycles. The number of thiophene rings is 1. The predicted molar refractivity (Wildman–Crippen MR) is 140 cm³/mol. The maximum atomic E-state index is 13.2. The first-order valence-electron chi connectivity index (χ1n) is 11.2. The van der Waals surface area contributed by atoms with Gasteiger partial charge in [-0.1, -0.05) is 60.3 Å². The number of hydrogen-bond donors (Lipinski definition) is 1. The zero-order chi connectivity index (χ0) is 24.2. The van der Waals surface area contributed by atoms with Gasteiger partial charge in [0.25, 0.3) is 0 Å². The van der Waals surface area contributed by atoms with Gasteiger partial charge in [0.05, 0.1) is 6.54 Å². The molecule has 176 valence electrons. The van der Waals surface area contributed by atoms with Gasteiger partial charge in [0, 0.05) is 31.7 Å². The number of thioether (sulfide) groups is 1. The van der Waals surface area contributed by atoms with Crippen LogP contribution >= 0.6 is 23.1 Å². The number of carbonyl (C=O) groups excluding carboxylic acids is 1. The van der Waals surface area contributed by atoms with Crippen molar-refractivity contribution in [2.75, 3.05) is 11.4 Å². The molecule has 0 aliphatic carbocycles. The van der Waals surface area contributed by atoms with E-state index in [-0.39, 0.29) is 5.82 Å². The van der Waals surface area contributed by atoms with Crippen LogP contribution in [0.3, 0.4) is 0 Å². The minimum Gasteiger partial charge on any atom is -0.290 e. The van der Waals surface area contributed by atoms with E-state index < -0.39 is 12.1 Å². The molecule has 2 heterocycles. The molecule has 0 radical (unpaired) electrons. The van der Waals surface area contributed by atoms with Crippen molar-refractivity contribution in [1.82, 2.24) is 5.06 Å². The molecule has 1 atom stereocenters. The monoisotopic (exact) mass is 502 g/mol. The number of nitrogens with zero attached hydrogens (tertiary/aromatic N) is 2. The fourth-order valence-electron chi connectivity index (χ4n) is 3.95. The van der Waals surface area contributed by atoms with Crippen LogP contribution < -0.4 is 4.90 Å². The molecule has 1 fully saturated rings. The van der Waals surface area contributed by atoms with Crippen molar-refractivity contribution in [3.05, 3.63) is 123 Å². The van der Waals surface area contributed by atoms with Gasteiger partial charge in [-0.15, -0.1) is 11.3 Å². The molecule has 0 spiro atoms. The first kappa shape index (κ1) is 23.4. The average molecular weight is 503 g/mol. The fourth-order valence-corrected chi connectivity index (χ4v) is 6.08. The highest BCUT2D eigenvalue weighted by atomic mass is 32.2. The van der Waals surface area contributed by atoms with Crippen LogP contribution in [0.2, 0.25) is 0 Å². The molecule has 35 heavy (non-hydrogen) atoms. The average Bonchev–Trinajstić information content (AvgIpc) is 3.45. The fraction of sp³-hybridized carbons (Fsp3) is 0.107. The molecule has 1 unspecified atom stereocenters. The number of carbonyl (C=O) groups is 1. The SMILES string of the molecule is O=C1N(c2ccccc2)CC(/C(=C/c2ccc(Cc3ccc(F)cc3)s2)Sc2ccccc2)N1O. The summed E-state index contributed by atoms with van der Waals surface area (Å²) in [6.45, 7) is 0.346. The Morgan fingerprint density at radius 3 is 2.37 bits per heavy atom. The zero-order valence-corrected chi connectivity index (χ0v) is 20.4. The van der Waals surface area contributed by atoms with Crippen molar-refractivity contribution in [3.8, 4) is 0 Å². The number of urea groups is 1. The normalized spacial score (nSPS) is 16.2. The topological polar surface area (TPSA) is 43.8 Å². The zero-order valence-electron chi connectivity index (χ0n) is 18.8. The molecular formula is C28H23FN2O2S2. The van der Waals surface area contributed by atoms with Gasteiger partial charge in [0.15, 0.2) is 0 Å². The third-order valence-electron chi connectivity index (χ3n) is 5.71.